The molecule has 0 aliphatic rings. The fraction of sp³-hybridized carbons (Fsp3) is 0.0909. The highest BCUT2D eigenvalue weighted by atomic mass is 16.6. The summed E-state index contributed by atoms with van der Waals surface area (Å²) in [4.78, 5) is 34.7. The average Bonchev–Trinajstić information content (AvgIpc) is 2.70. The maximum absolute atomic E-state index is 12.3. The Bertz CT molecular complexity index is 1010. The fourth-order valence-electron chi connectivity index (χ4n) is 2.67. The normalized spacial score (nSPS) is 10.3. The van der Waals surface area contributed by atoms with Crippen LogP contribution in [0.1, 0.15) is 31.8 Å². The number of carbonyl (C=O) groups is 2. The van der Waals surface area contributed by atoms with Gasteiger partial charge in [0.15, 0.2) is 5.78 Å². The van der Waals surface area contributed by atoms with Crippen LogP contribution in [-0.4, -0.2) is 16.6 Å². The van der Waals surface area contributed by atoms with Crippen LogP contribution in [0.5, 0.6) is 0 Å². The summed E-state index contributed by atoms with van der Waals surface area (Å²) < 4.78 is 0. The number of hydrogen-bond acceptors (Lipinski definition) is 4. The molecule has 1 N–H and O–H groups in total. The second-order valence-electron chi connectivity index (χ2n) is 6.42. The zero-order valence-electron chi connectivity index (χ0n) is 15.2. The molecule has 0 heterocycles. The summed E-state index contributed by atoms with van der Waals surface area (Å²) in [5.74, 6) is -0.332. The number of anilines is 1. The van der Waals surface area contributed by atoms with Crippen LogP contribution in [0.3, 0.4) is 0 Å². The van der Waals surface area contributed by atoms with Crippen molar-refractivity contribution in [2.24, 2.45) is 0 Å². The molecule has 0 spiro atoms. The first-order valence-corrected chi connectivity index (χ1v) is 8.67. The highest BCUT2D eigenvalue weighted by molar-refractivity contribution is 6.04. The molecule has 6 nitrogen and oxygen atoms in total. The number of amides is 1. The predicted molar refractivity (Wildman–Crippen MR) is 107 cm³/mol. The second kappa shape index (κ2) is 8.26. The molecule has 140 valence electrons. The van der Waals surface area contributed by atoms with Crippen molar-refractivity contribution in [3.05, 3.63) is 105 Å². The Hall–Kier alpha value is -3.80. The highest BCUT2D eigenvalue weighted by Gasteiger charge is 2.11. The molecule has 3 rings (SSSR count). The summed E-state index contributed by atoms with van der Waals surface area (Å²) in [6, 6.07) is 19.9. The van der Waals surface area contributed by atoms with Crippen molar-refractivity contribution in [3.63, 3.8) is 0 Å². The lowest BCUT2D eigenvalue weighted by molar-refractivity contribution is -0.384. The number of hydrogen-bond donors (Lipinski definition) is 1. The molecule has 28 heavy (non-hydrogen) atoms. The van der Waals surface area contributed by atoms with Gasteiger partial charge in [0.05, 0.1) is 4.92 Å². The van der Waals surface area contributed by atoms with Crippen molar-refractivity contribution < 1.29 is 14.5 Å². The van der Waals surface area contributed by atoms with Gasteiger partial charge in [0, 0.05) is 35.4 Å². The van der Waals surface area contributed by atoms with Crippen LogP contribution in [-0.2, 0) is 6.42 Å². The Morgan fingerprint density at radius 2 is 1.43 bits per heavy atom. The minimum absolute atomic E-state index is 0.0507. The molecule has 3 aromatic rings. The van der Waals surface area contributed by atoms with Crippen LogP contribution in [0, 0.1) is 17.0 Å². The van der Waals surface area contributed by atoms with Crippen molar-refractivity contribution in [1.29, 1.82) is 0 Å². The smallest absolute Gasteiger partial charge is 0.269 e. The minimum atomic E-state index is -0.502. The van der Waals surface area contributed by atoms with Crippen molar-refractivity contribution >= 4 is 23.1 Å². The lowest BCUT2D eigenvalue weighted by Crippen LogP contribution is -2.11. The lowest BCUT2D eigenvalue weighted by Gasteiger charge is -2.07. The van der Waals surface area contributed by atoms with Gasteiger partial charge in [-0.2, -0.15) is 0 Å². The zero-order valence-corrected chi connectivity index (χ0v) is 15.2. The largest absolute Gasteiger partial charge is 0.322 e. The van der Waals surface area contributed by atoms with E-state index in [0.29, 0.717) is 16.8 Å². The number of aryl methyl sites for hydroxylation is 1. The third kappa shape index (κ3) is 4.67. The monoisotopic (exact) mass is 374 g/mol. The molecule has 0 bridgehead atoms. The first-order valence-electron chi connectivity index (χ1n) is 8.67. The maximum atomic E-state index is 12.3. The van der Waals surface area contributed by atoms with Gasteiger partial charge in [-0.1, -0.05) is 29.8 Å². The number of rotatable bonds is 6. The van der Waals surface area contributed by atoms with E-state index in [0.717, 1.165) is 11.1 Å². The molecule has 0 aromatic heterocycles. The Balaban J connectivity index is 1.62. The van der Waals surface area contributed by atoms with Crippen LogP contribution >= 0.6 is 0 Å². The Labute approximate surface area is 162 Å². The van der Waals surface area contributed by atoms with E-state index in [1.807, 2.05) is 19.1 Å². The van der Waals surface area contributed by atoms with Gasteiger partial charge in [0.25, 0.3) is 11.6 Å². The number of benzene rings is 3. The van der Waals surface area contributed by atoms with E-state index >= 15 is 0 Å². The predicted octanol–water partition coefficient (Wildman–Crippen LogP) is 4.58. The Morgan fingerprint density at radius 3 is 2.00 bits per heavy atom. The topological polar surface area (TPSA) is 89.3 Å². The lowest BCUT2D eigenvalue weighted by atomic mass is 10.0. The van der Waals surface area contributed by atoms with E-state index < -0.39 is 4.92 Å². The summed E-state index contributed by atoms with van der Waals surface area (Å²) in [6.45, 7) is 1.96. The van der Waals surface area contributed by atoms with Gasteiger partial charge in [-0.25, -0.2) is 0 Å². The molecule has 0 aliphatic heterocycles. The first kappa shape index (κ1) is 19.0. The van der Waals surface area contributed by atoms with Crippen molar-refractivity contribution in [1.82, 2.24) is 0 Å². The molecule has 6 heteroatoms. The van der Waals surface area contributed by atoms with Gasteiger partial charge in [0.1, 0.15) is 0 Å². The fourth-order valence-corrected chi connectivity index (χ4v) is 2.67. The summed E-state index contributed by atoms with van der Waals surface area (Å²) in [7, 11) is 0. The number of nitro groups is 1. The van der Waals surface area contributed by atoms with E-state index in [1.54, 1.807) is 36.4 Å². The average molecular weight is 374 g/mol. The van der Waals surface area contributed by atoms with Crippen molar-refractivity contribution in [2.75, 3.05) is 5.32 Å². The molecular weight excluding hydrogens is 356 g/mol. The SMILES string of the molecule is Cc1ccc(C(=O)Nc2ccc(CC(=O)c3ccc([N+](=O)[O-])cc3)cc2)cc1. The van der Waals surface area contributed by atoms with Crippen LogP contribution in [0.4, 0.5) is 11.4 Å². The number of carbonyl (C=O) groups excluding carboxylic acids is 2. The van der Waals surface area contributed by atoms with Crippen molar-refractivity contribution in [3.8, 4) is 0 Å². The van der Waals surface area contributed by atoms with Gasteiger partial charge in [0.2, 0.25) is 0 Å². The van der Waals surface area contributed by atoms with Gasteiger partial charge >= 0.3 is 0 Å². The number of nitrogens with zero attached hydrogens (tertiary/aromatic N) is 1. The van der Waals surface area contributed by atoms with E-state index in [1.165, 1.54) is 24.3 Å². The van der Waals surface area contributed by atoms with Gasteiger partial charge in [-0.3, -0.25) is 19.7 Å². The molecule has 0 fully saturated rings. The number of non-ortho nitro benzene ring substituents is 1. The molecule has 3 aromatic carbocycles. The number of nitro benzene ring substituents is 1. The van der Waals surface area contributed by atoms with Crippen LogP contribution in [0.2, 0.25) is 0 Å². The molecule has 1 amide bonds. The first-order chi connectivity index (χ1) is 13.4. The number of Topliss-reactive ketones (excluding diaryl/α,β-unsaturated/α-hetero) is 1. The molecule has 0 atom stereocenters. The Kier molecular flexibility index (Phi) is 5.60. The highest BCUT2D eigenvalue weighted by Crippen LogP contribution is 2.16. The van der Waals surface area contributed by atoms with Crippen LogP contribution in [0.15, 0.2) is 72.8 Å². The van der Waals surface area contributed by atoms with Crippen LogP contribution in [0.25, 0.3) is 0 Å². The molecule has 0 aliphatic carbocycles. The molecule has 0 saturated carbocycles. The minimum Gasteiger partial charge on any atom is -0.322 e. The van der Waals surface area contributed by atoms with Gasteiger partial charge in [-0.05, 0) is 48.9 Å². The maximum Gasteiger partial charge on any atom is 0.269 e. The van der Waals surface area contributed by atoms with Crippen molar-refractivity contribution in [2.45, 2.75) is 13.3 Å². The van der Waals surface area contributed by atoms with Gasteiger partial charge in [-0.15, -0.1) is 0 Å². The molecule has 0 unspecified atom stereocenters. The Morgan fingerprint density at radius 1 is 0.857 bits per heavy atom. The van der Waals surface area contributed by atoms with E-state index in [2.05, 4.69) is 5.32 Å². The summed E-state index contributed by atoms with van der Waals surface area (Å²) in [5.41, 5.74) is 3.45. The van der Waals surface area contributed by atoms with E-state index in [4.69, 9.17) is 0 Å². The standard InChI is InChI=1S/C22H18N2O4/c1-15-2-6-18(7-3-15)22(26)23-19-10-4-16(5-11-19)14-21(25)17-8-12-20(13-9-17)24(27)28/h2-13H,14H2,1H3,(H,23,26). The second-order valence-corrected chi connectivity index (χ2v) is 6.42. The molecule has 0 radical (unpaired) electrons. The quantitative estimate of drug-likeness (QED) is 0.388. The van der Waals surface area contributed by atoms with Gasteiger partial charge < -0.3 is 5.32 Å². The summed E-state index contributed by atoms with van der Waals surface area (Å²) in [6.07, 6.45) is 0.171. The number of nitrogens with one attached hydrogen (secondary N) is 1. The zero-order chi connectivity index (χ0) is 20.1. The number of ketones is 1. The van der Waals surface area contributed by atoms with E-state index in [-0.39, 0.29) is 23.8 Å². The van der Waals surface area contributed by atoms with E-state index in [9.17, 15) is 19.7 Å². The molecular formula is C22H18N2O4. The molecule has 0 saturated heterocycles. The van der Waals surface area contributed by atoms with Crippen LogP contribution < -0.4 is 5.32 Å². The summed E-state index contributed by atoms with van der Waals surface area (Å²) >= 11 is 0. The third-order valence-electron chi connectivity index (χ3n) is 4.29. The third-order valence-corrected chi connectivity index (χ3v) is 4.29. The summed E-state index contributed by atoms with van der Waals surface area (Å²) in [5, 5.41) is 13.5.